The van der Waals surface area contributed by atoms with Gasteiger partial charge in [-0.25, -0.2) is 4.79 Å². The van der Waals surface area contributed by atoms with E-state index < -0.39 is 29.4 Å². The van der Waals surface area contributed by atoms with Crippen LogP contribution >= 0.6 is 0 Å². The van der Waals surface area contributed by atoms with E-state index in [1.807, 2.05) is 0 Å². The highest BCUT2D eigenvalue weighted by Gasteiger charge is 2.31. The molecule has 0 saturated carbocycles. The fourth-order valence-corrected chi connectivity index (χ4v) is 2.49. The molecule has 5 nitrogen and oxygen atoms in total. The minimum absolute atomic E-state index is 0.0670. The Morgan fingerprint density at radius 2 is 2.04 bits per heavy atom. The van der Waals surface area contributed by atoms with Crippen molar-refractivity contribution < 1.29 is 27.8 Å². The van der Waals surface area contributed by atoms with Crippen molar-refractivity contribution >= 4 is 6.03 Å². The van der Waals surface area contributed by atoms with Crippen LogP contribution in [-0.2, 0) is 10.9 Å². The first-order valence-electron chi connectivity index (χ1n) is 7.71. The number of hydrogen-bond acceptors (Lipinski definition) is 3. The molecule has 24 heavy (non-hydrogen) atoms. The molecule has 0 spiro atoms. The quantitative estimate of drug-likeness (QED) is 0.785. The van der Waals surface area contributed by atoms with Gasteiger partial charge in [0.25, 0.3) is 0 Å². The van der Waals surface area contributed by atoms with Gasteiger partial charge in [0.15, 0.2) is 0 Å². The molecule has 1 fully saturated rings. The molecule has 1 aromatic carbocycles. The van der Waals surface area contributed by atoms with Crippen LogP contribution in [0.3, 0.4) is 0 Å². The first kappa shape index (κ1) is 18.5. The molecule has 0 aromatic heterocycles. The number of halogens is 3. The van der Waals surface area contributed by atoms with Gasteiger partial charge in [-0.2, -0.15) is 13.2 Å². The van der Waals surface area contributed by atoms with E-state index in [9.17, 15) is 23.1 Å². The van der Waals surface area contributed by atoms with E-state index in [4.69, 9.17) is 4.74 Å². The molecule has 1 unspecified atom stereocenters. The van der Waals surface area contributed by atoms with Crippen LogP contribution in [0, 0.1) is 0 Å². The molecule has 1 heterocycles. The molecular formula is C16H21F3N2O3. The van der Waals surface area contributed by atoms with Crippen LogP contribution in [0.5, 0.6) is 0 Å². The highest BCUT2D eigenvalue weighted by Crippen LogP contribution is 2.30. The van der Waals surface area contributed by atoms with Crippen molar-refractivity contribution in [2.24, 2.45) is 0 Å². The number of carbonyl (C=O) groups is 1. The van der Waals surface area contributed by atoms with Crippen LogP contribution in [0.1, 0.15) is 36.9 Å². The molecule has 2 rings (SSSR count). The third-order valence-electron chi connectivity index (χ3n) is 4.06. The Bertz CT molecular complexity index is 572. The molecule has 1 saturated heterocycles. The standard InChI is InChI=1S/C16H21F3N2O3/c1-11(12-3-2-4-13(9-12)16(17,18)19)21-14(22)20-10-15(23)5-7-24-8-6-15/h2-4,9,11,23H,5-8,10H2,1H3,(H2,20,21,22). The Morgan fingerprint density at radius 3 is 2.67 bits per heavy atom. The summed E-state index contributed by atoms with van der Waals surface area (Å²) >= 11 is 0. The fraction of sp³-hybridized carbons (Fsp3) is 0.562. The number of aliphatic hydroxyl groups is 1. The predicted molar refractivity (Wildman–Crippen MR) is 81.4 cm³/mol. The summed E-state index contributed by atoms with van der Waals surface area (Å²) < 4.78 is 43.3. The summed E-state index contributed by atoms with van der Waals surface area (Å²) in [4.78, 5) is 11.9. The Hall–Kier alpha value is -1.80. The number of hydrogen-bond donors (Lipinski definition) is 3. The van der Waals surface area contributed by atoms with E-state index >= 15 is 0 Å². The van der Waals surface area contributed by atoms with Gasteiger partial charge in [0, 0.05) is 32.6 Å². The number of carbonyl (C=O) groups excluding carboxylic acids is 1. The summed E-state index contributed by atoms with van der Waals surface area (Å²) in [7, 11) is 0. The molecule has 1 atom stereocenters. The highest BCUT2D eigenvalue weighted by atomic mass is 19.4. The maximum atomic E-state index is 12.7. The van der Waals surface area contributed by atoms with Crippen molar-refractivity contribution in [3.05, 3.63) is 35.4 Å². The van der Waals surface area contributed by atoms with Crippen molar-refractivity contribution in [2.45, 2.75) is 37.6 Å². The average Bonchev–Trinajstić information content (AvgIpc) is 2.53. The maximum absolute atomic E-state index is 12.7. The van der Waals surface area contributed by atoms with E-state index in [2.05, 4.69) is 10.6 Å². The zero-order chi connectivity index (χ0) is 17.8. The van der Waals surface area contributed by atoms with Crippen LogP contribution in [0.25, 0.3) is 0 Å². The number of urea groups is 1. The van der Waals surface area contributed by atoms with Gasteiger partial charge in [-0.1, -0.05) is 12.1 Å². The average molecular weight is 346 g/mol. The normalized spacial score (nSPS) is 18.7. The van der Waals surface area contributed by atoms with Crippen LogP contribution in [0.15, 0.2) is 24.3 Å². The van der Waals surface area contributed by atoms with Crippen LogP contribution < -0.4 is 10.6 Å². The van der Waals surface area contributed by atoms with Crippen molar-refractivity contribution in [3.63, 3.8) is 0 Å². The van der Waals surface area contributed by atoms with Gasteiger partial charge in [0.05, 0.1) is 17.2 Å². The number of rotatable bonds is 4. The lowest BCUT2D eigenvalue weighted by atomic mass is 9.94. The van der Waals surface area contributed by atoms with Gasteiger partial charge in [0.2, 0.25) is 0 Å². The summed E-state index contributed by atoms with van der Waals surface area (Å²) in [5.74, 6) is 0. The van der Waals surface area contributed by atoms with Crippen molar-refractivity contribution in [1.29, 1.82) is 0 Å². The number of benzene rings is 1. The Labute approximate surface area is 138 Å². The van der Waals surface area contributed by atoms with Crippen LogP contribution in [0.2, 0.25) is 0 Å². The minimum atomic E-state index is -4.43. The second-order valence-corrected chi connectivity index (χ2v) is 6.01. The third-order valence-corrected chi connectivity index (χ3v) is 4.06. The summed E-state index contributed by atoms with van der Waals surface area (Å²) in [6.45, 7) is 2.52. The number of ether oxygens (including phenoxy) is 1. The largest absolute Gasteiger partial charge is 0.416 e. The first-order valence-corrected chi connectivity index (χ1v) is 7.71. The number of alkyl halides is 3. The van der Waals surface area contributed by atoms with Crippen molar-refractivity contribution in [1.82, 2.24) is 10.6 Å². The van der Waals surface area contributed by atoms with E-state index in [1.165, 1.54) is 12.1 Å². The smallest absolute Gasteiger partial charge is 0.388 e. The highest BCUT2D eigenvalue weighted by molar-refractivity contribution is 5.74. The van der Waals surface area contributed by atoms with Gasteiger partial charge in [-0.15, -0.1) is 0 Å². The lowest BCUT2D eigenvalue weighted by Gasteiger charge is -2.32. The lowest BCUT2D eigenvalue weighted by Crippen LogP contribution is -2.49. The molecule has 1 aromatic rings. The second kappa shape index (κ2) is 7.40. The SMILES string of the molecule is CC(NC(=O)NCC1(O)CCOCC1)c1cccc(C(F)(F)F)c1. The molecule has 0 radical (unpaired) electrons. The van der Waals surface area contributed by atoms with Gasteiger partial charge >= 0.3 is 12.2 Å². The van der Waals surface area contributed by atoms with Gasteiger partial charge in [-0.3, -0.25) is 0 Å². The van der Waals surface area contributed by atoms with Gasteiger partial charge < -0.3 is 20.5 Å². The molecule has 0 aliphatic carbocycles. The zero-order valence-corrected chi connectivity index (χ0v) is 13.3. The maximum Gasteiger partial charge on any atom is 0.416 e. The Balaban J connectivity index is 1.89. The molecule has 1 aliphatic rings. The van der Waals surface area contributed by atoms with E-state index in [-0.39, 0.29) is 6.54 Å². The van der Waals surface area contributed by atoms with E-state index in [1.54, 1.807) is 6.92 Å². The summed E-state index contributed by atoms with van der Waals surface area (Å²) in [6.07, 6.45) is -3.57. The summed E-state index contributed by atoms with van der Waals surface area (Å²) in [6, 6.07) is 3.68. The second-order valence-electron chi connectivity index (χ2n) is 6.01. The minimum Gasteiger partial charge on any atom is -0.388 e. The predicted octanol–water partition coefficient (Wildman–Crippen LogP) is 2.61. The van der Waals surface area contributed by atoms with Gasteiger partial charge in [0.1, 0.15) is 0 Å². The van der Waals surface area contributed by atoms with Crippen molar-refractivity contribution in [2.75, 3.05) is 19.8 Å². The topological polar surface area (TPSA) is 70.6 Å². The lowest BCUT2D eigenvalue weighted by molar-refractivity contribution is -0.137. The number of amides is 2. The monoisotopic (exact) mass is 346 g/mol. The molecular weight excluding hydrogens is 325 g/mol. The zero-order valence-electron chi connectivity index (χ0n) is 13.3. The van der Waals surface area contributed by atoms with Gasteiger partial charge in [-0.05, 0) is 24.6 Å². The van der Waals surface area contributed by atoms with E-state index in [0.29, 0.717) is 31.6 Å². The third kappa shape index (κ3) is 5.10. The molecule has 3 N–H and O–H groups in total. The van der Waals surface area contributed by atoms with Crippen molar-refractivity contribution in [3.8, 4) is 0 Å². The first-order chi connectivity index (χ1) is 11.2. The Kier molecular flexibility index (Phi) is 5.71. The molecule has 8 heteroatoms. The molecule has 1 aliphatic heterocycles. The molecule has 0 bridgehead atoms. The molecule has 2 amide bonds. The Morgan fingerprint density at radius 1 is 1.38 bits per heavy atom. The van der Waals surface area contributed by atoms with E-state index in [0.717, 1.165) is 12.1 Å². The van der Waals surface area contributed by atoms with Crippen LogP contribution in [-0.4, -0.2) is 36.5 Å². The molecule has 134 valence electrons. The van der Waals surface area contributed by atoms with Crippen LogP contribution in [0.4, 0.5) is 18.0 Å². The number of nitrogens with one attached hydrogen (secondary N) is 2. The summed E-state index contributed by atoms with van der Waals surface area (Å²) in [5, 5.41) is 15.4. The fourth-order valence-electron chi connectivity index (χ4n) is 2.49. The summed E-state index contributed by atoms with van der Waals surface area (Å²) in [5.41, 5.74) is -1.41.